The molecule has 3 rings (SSSR count). The average molecular weight is 377 g/mol. The van der Waals surface area contributed by atoms with Crippen LogP contribution in [0.5, 0.6) is 17.2 Å². The fourth-order valence-electron chi connectivity index (χ4n) is 3.02. The molecule has 7 heteroatoms. The van der Waals surface area contributed by atoms with Gasteiger partial charge in [-0.05, 0) is 25.1 Å². The Morgan fingerprint density at radius 2 is 2.00 bits per heavy atom. The molecule has 0 bridgehead atoms. The first-order chi connectivity index (χ1) is 12.5. The third kappa shape index (κ3) is 3.94. The molecule has 2 aromatic carbocycles. The molecule has 1 heterocycles. The summed E-state index contributed by atoms with van der Waals surface area (Å²) in [6, 6.07) is 12.5. The van der Waals surface area contributed by atoms with Crippen LogP contribution in [0.2, 0.25) is 0 Å². The zero-order valence-electron chi connectivity index (χ0n) is 14.9. The van der Waals surface area contributed by atoms with Crippen molar-refractivity contribution < 1.29 is 22.6 Å². The van der Waals surface area contributed by atoms with Crippen LogP contribution in [0.15, 0.2) is 47.4 Å². The zero-order chi connectivity index (χ0) is 18.6. The third-order valence-corrected chi connectivity index (χ3v) is 5.95. The van der Waals surface area contributed by atoms with E-state index in [1.807, 2.05) is 25.1 Å². The lowest BCUT2D eigenvalue weighted by molar-refractivity contribution is 0.206. The maximum atomic E-state index is 12.4. The second-order valence-corrected chi connectivity index (χ2v) is 7.98. The lowest BCUT2D eigenvalue weighted by Crippen LogP contribution is -2.39. The molecule has 0 saturated heterocycles. The van der Waals surface area contributed by atoms with Gasteiger partial charge in [-0.15, -0.1) is 0 Å². The van der Waals surface area contributed by atoms with Gasteiger partial charge in [-0.1, -0.05) is 24.3 Å². The quantitative estimate of drug-likeness (QED) is 0.799. The number of nitrogens with one attached hydrogen (secondary N) is 1. The van der Waals surface area contributed by atoms with Crippen molar-refractivity contribution in [3.63, 3.8) is 0 Å². The number of rotatable bonds is 7. The summed E-state index contributed by atoms with van der Waals surface area (Å²) in [4.78, 5) is 0.266. The Bertz CT molecular complexity index is 866. The van der Waals surface area contributed by atoms with Crippen LogP contribution in [0, 0.1) is 0 Å². The molecule has 0 aliphatic carbocycles. The van der Waals surface area contributed by atoms with Gasteiger partial charge in [0.2, 0.25) is 0 Å². The molecule has 0 fully saturated rings. The van der Waals surface area contributed by atoms with Gasteiger partial charge in [0, 0.05) is 18.7 Å². The summed E-state index contributed by atoms with van der Waals surface area (Å²) >= 11 is 0. The summed E-state index contributed by atoms with van der Waals surface area (Å²) in [6.45, 7) is 3.41. The number of para-hydroxylation sites is 2. The number of methoxy groups -OCH3 is 1. The van der Waals surface area contributed by atoms with Gasteiger partial charge in [0.1, 0.15) is 16.7 Å². The molecule has 1 aliphatic heterocycles. The minimum absolute atomic E-state index is 0.0346. The summed E-state index contributed by atoms with van der Waals surface area (Å²) in [5, 5.41) is 3.26. The van der Waals surface area contributed by atoms with Crippen molar-refractivity contribution in [3.8, 4) is 17.2 Å². The maximum absolute atomic E-state index is 12.4. The fourth-order valence-corrected chi connectivity index (χ4v) is 4.59. The van der Waals surface area contributed by atoms with Gasteiger partial charge in [0.05, 0.1) is 19.5 Å². The van der Waals surface area contributed by atoms with Crippen LogP contribution in [-0.4, -0.2) is 40.5 Å². The van der Waals surface area contributed by atoms with E-state index in [1.165, 1.54) is 0 Å². The normalized spacial score (nSPS) is 17.8. The van der Waals surface area contributed by atoms with Gasteiger partial charge >= 0.3 is 0 Å². The highest BCUT2D eigenvalue weighted by Crippen LogP contribution is 2.32. The number of fused-ring (bicyclic) bond motifs is 1. The first-order valence-electron chi connectivity index (χ1n) is 8.53. The van der Waals surface area contributed by atoms with Crippen molar-refractivity contribution in [1.29, 1.82) is 0 Å². The van der Waals surface area contributed by atoms with Gasteiger partial charge < -0.3 is 19.5 Å². The number of benzene rings is 2. The summed E-state index contributed by atoms with van der Waals surface area (Å²) in [5.41, 5.74) is 0.942. The van der Waals surface area contributed by atoms with Gasteiger partial charge in [0.25, 0.3) is 0 Å². The maximum Gasteiger partial charge on any atom is 0.185 e. The standard InChI is InChI=1S/C19H23NO5S/c1-3-24-17-9-6-7-14(19(17)23-2)11-20-12-15-13-26(21,22)18-10-5-4-8-16(18)25-15/h4-10,15,20H,3,11-13H2,1-2H3. The minimum atomic E-state index is -3.32. The Morgan fingerprint density at radius 1 is 1.19 bits per heavy atom. The molecular formula is C19H23NO5S. The second kappa shape index (κ2) is 7.97. The molecule has 0 aromatic heterocycles. The molecule has 0 amide bonds. The number of ether oxygens (including phenoxy) is 3. The Kier molecular flexibility index (Phi) is 5.68. The second-order valence-electron chi connectivity index (χ2n) is 5.98. The van der Waals surface area contributed by atoms with Crippen LogP contribution in [0.1, 0.15) is 12.5 Å². The SMILES string of the molecule is CCOc1cccc(CNCC2CS(=O)(=O)c3ccccc3O2)c1OC. The summed E-state index contributed by atoms with van der Waals surface area (Å²) in [6.07, 6.45) is -0.434. The first kappa shape index (κ1) is 18.5. The van der Waals surface area contributed by atoms with E-state index in [2.05, 4.69) is 5.32 Å². The van der Waals surface area contributed by atoms with E-state index in [-0.39, 0.29) is 10.6 Å². The molecule has 0 radical (unpaired) electrons. The average Bonchev–Trinajstić information content (AvgIpc) is 2.62. The van der Waals surface area contributed by atoms with E-state index in [9.17, 15) is 8.42 Å². The van der Waals surface area contributed by atoms with E-state index in [0.717, 1.165) is 5.56 Å². The molecule has 1 atom stereocenters. The van der Waals surface area contributed by atoms with Crippen molar-refractivity contribution in [1.82, 2.24) is 5.32 Å². The van der Waals surface area contributed by atoms with E-state index < -0.39 is 15.9 Å². The van der Waals surface area contributed by atoms with Crippen LogP contribution >= 0.6 is 0 Å². The molecule has 1 N–H and O–H groups in total. The van der Waals surface area contributed by atoms with Gasteiger partial charge in [-0.25, -0.2) is 8.42 Å². The van der Waals surface area contributed by atoms with Crippen LogP contribution in [0.3, 0.4) is 0 Å². The molecule has 1 unspecified atom stereocenters. The highest BCUT2D eigenvalue weighted by molar-refractivity contribution is 7.91. The number of hydrogen-bond donors (Lipinski definition) is 1. The topological polar surface area (TPSA) is 73.9 Å². The molecule has 0 spiro atoms. The summed E-state index contributed by atoms with van der Waals surface area (Å²) in [5.74, 6) is 1.76. The van der Waals surface area contributed by atoms with Gasteiger partial charge in [0.15, 0.2) is 21.3 Å². The van der Waals surface area contributed by atoms with Crippen molar-refractivity contribution in [2.45, 2.75) is 24.5 Å². The van der Waals surface area contributed by atoms with Gasteiger partial charge in [-0.2, -0.15) is 0 Å². The van der Waals surface area contributed by atoms with Gasteiger partial charge in [-0.3, -0.25) is 0 Å². The van der Waals surface area contributed by atoms with Crippen molar-refractivity contribution in [2.24, 2.45) is 0 Å². The number of hydrogen-bond acceptors (Lipinski definition) is 6. The van der Waals surface area contributed by atoms with Crippen LogP contribution in [-0.2, 0) is 16.4 Å². The molecule has 2 aromatic rings. The van der Waals surface area contributed by atoms with E-state index >= 15 is 0 Å². The molecule has 0 saturated carbocycles. The molecular weight excluding hydrogens is 354 g/mol. The Hall–Kier alpha value is -2.25. The Morgan fingerprint density at radius 3 is 2.77 bits per heavy atom. The van der Waals surface area contributed by atoms with Crippen LogP contribution in [0.25, 0.3) is 0 Å². The van der Waals surface area contributed by atoms with E-state index in [4.69, 9.17) is 14.2 Å². The predicted molar refractivity (Wildman–Crippen MR) is 98.8 cm³/mol. The summed E-state index contributed by atoms with van der Waals surface area (Å²) in [7, 11) is -1.72. The minimum Gasteiger partial charge on any atom is -0.493 e. The van der Waals surface area contributed by atoms with E-state index in [0.29, 0.717) is 36.9 Å². The Balaban J connectivity index is 1.66. The van der Waals surface area contributed by atoms with Crippen LogP contribution in [0.4, 0.5) is 0 Å². The zero-order valence-corrected chi connectivity index (χ0v) is 15.7. The summed E-state index contributed by atoms with van der Waals surface area (Å²) < 4.78 is 41.6. The lowest BCUT2D eigenvalue weighted by Gasteiger charge is -2.26. The first-order valence-corrected chi connectivity index (χ1v) is 10.2. The smallest absolute Gasteiger partial charge is 0.185 e. The monoisotopic (exact) mass is 377 g/mol. The molecule has 140 valence electrons. The lowest BCUT2D eigenvalue weighted by atomic mass is 10.2. The predicted octanol–water partition coefficient (Wildman–Crippen LogP) is 2.42. The largest absolute Gasteiger partial charge is 0.493 e. The van der Waals surface area contributed by atoms with E-state index in [1.54, 1.807) is 31.4 Å². The molecule has 6 nitrogen and oxygen atoms in total. The highest BCUT2D eigenvalue weighted by atomic mass is 32.2. The highest BCUT2D eigenvalue weighted by Gasteiger charge is 2.31. The van der Waals surface area contributed by atoms with Crippen molar-refractivity contribution in [2.75, 3.05) is 26.0 Å². The number of sulfone groups is 1. The molecule has 1 aliphatic rings. The molecule has 26 heavy (non-hydrogen) atoms. The Labute approximate surface area is 154 Å². The third-order valence-electron chi connectivity index (χ3n) is 4.14. The fraction of sp³-hybridized carbons (Fsp3) is 0.368. The van der Waals surface area contributed by atoms with Crippen LogP contribution < -0.4 is 19.5 Å². The van der Waals surface area contributed by atoms with Crippen molar-refractivity contribution in [3.05, 3.63) is 48.0 Å². The van der Waals surface area contributed by atoms with Crippen molar-refractivity contribution >= 4 is 9.84 Å².